The summed E-state index contributed by atoms with van der Waals surface area (Å²) in [6.45, 7) is 0.292. The Balaban J connectivity index is 1.67. The van der Waals surface area contributed by atoms with E-state index < -0.39 is 0 Å². The van der Waals surface area contributed by atoms with E-state index in [-0.39, 0.29) is 17.8 Å². The van der Waals surface area contributed by atoms with Crippen LogP contribution in [-0.2, 0) is 4.74 Å². The lowest BCUT2D eigenvalue weighted by Crippen LogP contribution is -2.31. The zero-order chi connectivity index (χ0) is 21.1. The summed E-state index contributed by atoms with van der Waals surface area (Å²) < 4.78 is 20.8. The number of halogens is 2. The minimum Gasteiger partial charge on any atom is -0.382 e. The normalized spacial score (nSPS) is 12.1. The van der Waals surface area contributed by atoms with Crippen molar-refractivity contribution in [2.75, 3.05) is 13.7 Å². The largest absolute Gasteiger partial charge is 0.382 e. The van der Waals surface area contributed by atoms with E-state index in [1.54, 1.807) is 42.5 Å². The molecule has 152 valence electrons. The molecule has 4 rings (SSSR count). The number of aromatic nitrogens is 4. The van der Waals surface area contributed by atoms with E-state index in [1.165, 1.54) is 18.3 Å². The van der Waals surface area contributed by atoms with Crippen molar-refractivity contribution in [2.45, 2.75) is 6.04 Å². The van der Waals surface area contributed by atoms with Crippen LogP contribution in [0.25, 0.3) is 16.6 Å². The number of hydrogen-bond donors (Lipinski definition) is 1. The van der Waals surface area contributed by atoms with Gasteiger partial charge in [0, 0.05) is 24.9 Å². The molecule has 30 heavy (non-hydrogen) atoms. The van der Waals surface area contributed by atoms with Crippen molar-refractivity contribution in [3.8, 4) is 5.69 Å². The van der Waals surface area contributed by atoms with Crippen LogP contribution >= 0.6 is 15.9 Å². The molecule has 3 heterocycles. The fourth-order valence-electron chi connectivity index (χ4n) is 3.17. The van der Waals surface area contributed by atoms with E-state index in [9.17, 15) is 9.18 Å². The fraction of sp³-hybridized carbons (Fsp3) is 0.143. The molecule has 0 fully saturated rings. The molecule has 1 unspecified atom stereocenters. The van der Waals surface area contributed by atoms with Crippen molar-refractivity contribution >= 4 is 32.7 Å². The molecule has 3 aromatic heterocycles. The molecule has 0 spiro atoms. The Labute approximate surface area is 180 Å². The average Bonchev–Trinajstić information content (AvgIpc) is 3.18. The van der Waals surface area contributed by atoms with Crippen LogP contribution in [0.15, 0.2) is 65.8 Å². The van der Waals surface area contributed by atoms with Crippen molar-refractivity contribution in [1.82, 2.24) is 25.1 Å². The van der Waals surface area contributed by atoms with Gasteiger partial charge in [-0.05, 0) is 57.9 Å². The number of ether oxygens (including phenoxy) is 1. The molecule has 4 aromatic rings. The first-order valence-electron chi connectivity index (χ1n) is 9.05. The maximum atomic E-state index is 13.2. The number of fused-ring (bicyclic) bond motifs is 1. The summed E-state index contributed by atoms with van der Waals surface area (Å²) in [7, 11) is 1.57. The second kappa shape index (κ2) is 8.68. The monoisotopic (exact) mass is 469 g/mol. The highest BCUT2D eigenvalue weighted by Gasteiger charge is 2.20. The van der Waals surface area contributed by atoms with Gasteiger partial charge in [0.1, 0.15) is 10.4 Å². The number of carbonyl (C=O) groups excluding carboxylic acids is 1. The Kier molecular flexibility index (Phi) is 5.82. The number of nitrogens with one attached hydrogen (secondary N) is 1. The van der Waals surface area contributed by atoms with Crippen LogP contribution in [0.4, 0.5) is 4.39 Å². The number of hydrogen-bond acceptors (Lipinski definition) is 5. The molecule has 0 aliphatic rings. The van der Waals surface area contributed by atoms with Crippen molar-refractivity contribution in [3.05, 3.63) is 82.7 Å². The molecule has 1 aromatic carbocycles. The van der Waals surface area contributed by atoms with E-state index in [0.717, 1.165) is 5.56 Å². The van der Waals surface area contributed by atoms with Crippen molar-refractivity contribution in [2.24, 2.45) is 0 Å². The standard InChI is InChI=1S/C21H17BrFN5O2/c1-30-12-18(13-6-7-25-20(22)8-13)27-21(29)17-9-24-11-19-16(17)10-26-28(19)15-4-2-14(23)3-5-15/h2-11,18H,12H2,1H3,(H,27,29). The minimum absolute atomic E-state index is 0.292. The molecule has 7 nitrogen and oxygen atoms in total. The number of methoxy groups -OCH3 is 1. The van der Waals surface area contributed by atoms with Crippen LogP contribution in [-0.4, -0.2) is 39.4 Å². The van der Waals surface area contributed by atoms with Crippen LogP contribution in [0, 0.1) is 5.82 Å². The first-order valence-corrected chi connectivity index (χ1v) is 9.85. The van der Waals surface area contributed by atoms with E-state index in [2.05, 4.69) is 36.3 Å². The Morgan fingerprint density at radius 2 is 2.03 bits per heavy atom. The predicted molar refractivity (Wildman–Crippen MR) is 113 cm³/mol. The highest BCUT2D eigenvalue weighted by molar-refractivity contribution is 9.10. The number of carbonyl (C=O) groups is 1. The van der Waals surface area contributed by atoms with E-state index in [4.69, 9.17) is 4.74 Å². The van der Waals surface area contributed by atoms with E-state index in [1.807, 2.05) is 12.1 Å². The van der Waals surface area contributed by atoms with Gasteiger partial charge in [-0.25, -0.2) is 14.1 Å². The van der Waals surface area contributed by atoms with Crippen LogP contribution in [0.5, 0.6) is 0 Å². The quantitative estimate of drug-likeness (QED) is 0.434. The zero-order valence-electron chi connectivity index (χ0n) is 15.9. The van der Waals surface area contributed by atoms with Gasteiger partial charge in [-0.15, -0.1) is 0 Å². The van der Waals surface area contributed by atoms with Gasteiger partial charge in [0.15, 0.2) is 0 Å². The Bertz CT molecular complexity index is 1200. The number of amides is 1. The summed E-state index contributed by atoms with van der Waals surface area (Å²) in [5, 5.41) is 7.98. The maximum Gasteiger partial charge on any atom is 0.254 e. The molecule has 0 saturated carbocycles. The van der Waals surface area contributed by atoms with Crippen molar-refractivity contribution in [3.63, 3.8) is 0 Å². The van der Waals surface area contributed by atoms with Gasteiger partial charge in [-0.1, -0.05) is 0 Å². The first-order chi connectivity index (χ1) is 14.6. The molecule has 0 saturated heterocycles. The average molecular weight is 470 g/mol. The number of nitrogens with zero attached hydrogens (tertiary/aromatic N) is 4. The van der Waals surface area contributed by atoms with Gasteiger partial charge >= 0.3 is 0 Å². The Morgan fingerprint density at radius 1 is 1.23 bits per heavy atom. The van der Waals surface area contributed by atoms with E-state index >= 15 is 0 Å². The highest BCUT2D eigenvalue weighted by atomic mass is 79.9. The predicted octanol–water partition coefficient (Wildman–Crippen LogP) is 3.83. The lowest BCUT2D eigenvalue weighted by Gasteiger charge is -2.18. The molecular formula is C21H17BrFN5O2. The molecule has 9 heteroatoms. The molecule has 1 N–H and O–H groups in total. The van der Waals surface area contributed by atoms with E-state index in [0.29, 0.717) is 33.4 Å². The van der Waals surface area contributed by atoms with Crippen LogP contribution < -0.4 is 5.32 Å². The third kappa shape index (κ3) is 4.07. The molecule has 0 bridgehead atoms. The topological polar surface area (TPSA) is 81.9 Å². The van der Waals surface area contributed by atoms with Gasteiger partial charge in [-0.2, -0.15) is 5.10 Å². The molecule has 0 aliphatic carbocycles. The summed E-state index contributed by atoms with van der Waals surface area (Å²) >= 11 is 3.35. The summed E-state index contributed by atoms with van der Waals surface area (Å²) in [5.74, 6) is -0.637. The second-order valence-corrected chi connectivity index (χ2v) is 7.36. The lowest BCUT2D eigenvalue weighted by molar-refractivity contribution is 0.0898. The first kappa shape index (κ1) is 20.1. The smallest absolute Gasteiger partial charge is 0.254 e. The maximum absolute atomic E-state index is 13.2. The summed E-state index contributed by atoms with van der Waals surface area (Å²) in [6.07, 6.45) is 6.38. The number of pyridine rings is 2. The molecule has 0 radical (unpaired) electrons. The van der Waals surface area contributed by atoms with Crippen LogP contribution in [0.3, 0.4) is 0 Å². The zero-order valence-corrected chi connectivity index (χ0v) is 17.5. The summed E-state index contributed by atoms with van der Waals surface area (Å²) in [6, 6.07) is 9.22. The fourth-order valence-corrected chi connectivity index (χ4v) is 3.55. The third-order valence-electron chi connectivity index (χ3n) is 4.60. The summed E-state index contributed by atoms with van der Waals surface area (Å²) in [4.78, 5) is 21.4. The van der Waals surface area contributed by atoms with Gasteiger partial charge in [0.2, 0.25) is 0 Å². The number of rotatable bonds is 6. The minimum atomic E-state index is -0.371. The van der Waals surface area contributed by atoms with Gasteiger partial charge in [0.25, 0.3) is 5.91 Å². The SMILES string of the molecule is COCC(NC(=O)c1cncc2c1cnn2-c1ccc(F)cc1)c1ccnc(Br)c1. The molecular weight excluding hydrogens is 453 g/mol. The number of benzene rings is 1. The lowest BCUT2D eigenvalue weighted by atomic mass is 10.1. The second-order valence-electron chi connectivity index (χ2n) is 6.55. The van der Waals surface area contributed by atoms with Crippen LogP contribution in [0.1, 0.15) is 22.0 Å². The van der Waals surface area contributed by atoms with Gasteiger partial charge in [0.05, 0.1) is 41.8 Å². The van der Waals surface area contributed by atoms with Crippen LogP contribution in [0.2, 0.25) is 0 Å². The molecule has 0 aliphatic heterocycles. The highest BCUT2D eigenvalue weighted by Crippen LogP contribution is 2.23. The van der Waals surface area contributed by atoms with Gasteiger partial charge < -0.3 is 10.1 Å². The van der Waals surface area contributed by atoms with Crippen molar-refractivity contribution < 1.29 is 13.9 Å². The Hall–Kier alpha value is -3.17. The molecule has 1 atom stereocenters. The third-order valence-corrected chi connectivity index (χ3v) is 5.04. The van der Waals surface area contributed by atoms with Gasteiger partial charge in [-0.3, -0.25) is 9.78 Å². The Morgan fingerprint density at radius 3 is 2.77 bits per heavy atom. The summed E-state index contributed by atoms with van der Waals surface area (Å²) in [5.41, 5.74) is 2.55. The van der Waals surface area contributed by atoms with Crippen molar-refractivity contribution in [1.29, 1.82) is 0 Å². The molecule has 1 amide bonds.